The summed E-state index contributed by atoms with van der Waals surface area (Å²) in [5.41, 5.74) is 2.18. The lowest BCUT2D eigenvalue weighted by Crippen LogP contribution is -2.23. The quantitative estimate of drug-likeness (QED) is 0.646. The van der Waals surface area contributed by atoms with Crippen LogP contribution in [0.2, 0.25) is 0 Å². The number of rotatable bonds is 1. The summed E-state index contributed by atoms with van der Waals surface area (Å²) in [6.07, 6.45) is 5.12. The molecule has 2 heterocycles. The molecular formula is C9H11N3O. The molecule has 1 amide bonds. The Labute approximate surface area is 76.2 Å². The Hall–Kier alpha value is -1.58. The van der Waals surface area contributed by atoms with Gasteiger partial charge in [0.25, 0.3) is 0 Å². The fraction of sp³-hybridized carbons (Fsp3) is 0.333. The maximum atomic E-state index is 11.4. The molecule has 0 fully saturated rings. The van der Waals surface area contributed by atoms with Crippen LogP contribution in [-0.2, 0) is 17.9 Å². The molecule has 13 heavy (non-hydrogen) atoms. The van der Waals surface area contributed by atoms with Crippen LogP contribution < -0.4 is 0 Å². The second-order valence-corrected chi connectivity index (χ2v) is 3.07. The average molecular weight is 177 g/mol. The molecule has 0 saturated heterocycles. The summed E-state index contributed by atoms with van der Waals surface area (Å²) < 4.78 is 0. The van der Waals surface area contributed by atoms with E-state index in [4.69, 9.17) is 0 Å². The summed E-state index contributed by atoms with van der Waals surface area (Å²) in [5, 5.41) is 6.78. The Morgan fingerprint density at radius 1 is 1.69 bits per heavy atom. The molecular weight excluding hydrogens is 166 g/mol. The van der Waals surface area contributed by atoms with Crippen molar-refractivity contribution >= 4 is 5.91 Å². The van der Waals surface area contributed by atoms with E-state index in [9.17, 15) is 4.79 Å². The fourth-order valence-electron chi connectivity index (χ4n) is 1.47. The lowest BCUT2D eigenvalue weighted by Gasteiger charge is -2.11. The number of aromatic amines is 1. The molecule has 1 aromatic heterocycles. The van der Waals surface area contributed by atoms with Crippen molar-refractivity contribution in [2.24, 2.45) is 0 Å². The van der Waals surface area contributed by atoms with Crippen molar-refractivity contribution in [3.05, 3.63) is 29.6 Å². The summed E-state index contributed by atoms with van der Waals surface area (Å²) in [4.78, 5) is 13.2. The summed E-state index contributed by atoms with van der Waals surface area (Å²) in [7, 11) is 0. The molecule has 0 aromatic carbocycles. The maximum absolute atomic E-state index is 11.4. The van der Waals surface area contributed by atoms with Crippen LogP contribution in [0.3, 0.4) is 0 Å². The first-order chi connectivity index (χ1) is 6.31. The molecule has 0 spiro atoms. The van der Waals surface area contributed by atoms with Crippen molar-refractivity contribution in [2.75, 3.05) is 0 Å². The number of nitrogens with one attached hydrogen (secondary N) is 1. The van der Waals surface area contributed by atoms with Gasteiger partial charge in [-0.2, -0.15) is 5.10 Å². The van der Waals surface area contributed by atoms with E-state index >= 15 is 0 Å². The Morgan fingerprint density at radius 3 is 3.23 bits per heavy atom. The van der Waals surface area contributed by atoms with Gasteiger partial charge < -0.3 is 4.90 Å². The molecule has 0 bridgehead atoms. The molecule has 1 aromatic rings. The lowest BCUT2D eigenvalue weighted by molar-refractivity contribution is -0.126. The maximum Gasteiger partial charge on any atom is 0.246 e. The van der Waals surface area contributed by atoms with Crippen molar-refractivity contribution in [1.29, 1.82) is 0 Å². The SMILES string of the molecule is C/C=C/C(=O)N1Cc2cn[nH]c2C1. The topological polar surface area (TPSA) is 49.0 Å². The van der Waals surface area contributed by atoms with Gasteiger partial charge in [-0.3, -0.25) is 9.89 Å². The highest BCUT2D eigenvalue weighted by Gasteiger charge is 2.22. The van der Waals surface area contributed by atoms with E-state index in [1.54, 1.807) is 23.2 Å². The van der Waals surface area contributed by atoms with E-state index in [-0.39, 0.29) is 5.91 Å². The second kappa shape index (κ2) is 3.05. The zero-order chi connectivity index (χ0) is 9.26. The van der Waals surface area contributed by atoms with Crippen LogP contribution in [0.1, 0.15) is 18.2 Å². The third-order valence-electron chi connectivity index (χ3n) is 2.14. The number of aromatic nitrogens is 2. The highest BCUT2D eigenvalue weighted by Crippen LogP contribution is 2.19. The molecule has 0 radical (unpaired) electrons. The molecule has 1 aliphatic heterocycles. The third kappa shape index (κ3) is 1.35. The van der Waals surface area contributed by atoms with Crippen molar-refractivity contribution in [3.8, 4) is 0 Å². The number of fused-ring (bicyclic) bond motifs is 1. The zero-order valence-corrected chi connectivity index (χ0v) is 7.45. The van der Waals surface area contributed by atoms with E-state index in [2.05, 4.69) is 10.2 Å². The van der Waals surface area contributed by atoms with Crippen LogP contribution in [0, 0.1) is 0 Å². The molecule has 0 atom stereocenters. The number of allylic oxidation sites excluding steroid dienone is 1. The Bertz CT molecular complexity index is 333. The average Bonchev–Trinajstić information content (AvgIpc) is 2.61. The van der Waals surface area contributed by atoms with Crippen LogP contribution in [0.5, 0.6) is 0 Å². The first kappa shape index (κ1) is 8.04. The second-order valence-electron chi connectivity index (χ2n) is 3.07. The van der Waals surface area contributed by atoms with Crippen molar-refractivity contribution in [2.45, 2.75) is 20.0 Å². The predicted octanol–water partition coefficient (Wildman–Crippen LogP) is 0.828. The monoisotopic (exact) mass is 177 g/mol. The van der Waals surface area contributed by atoms with E-state index in [0.29, 0.717) is 13.1 Å². The van der Waals surface area contributed by atoms with Crippen LogP contribution in [0.15, 0.2) is 18.3 Å². The highest BCUT2D eigenvalue weighted by atomic mass is 16.2. The van der Waals surface area contributed by atoms with Gasteiger partial charge in [0.2, 0.25) is 5.91 Å². The first-order valence-electron chi connectivity index (χ1n) is 4.24. The summed E-state index contributed by atoms with van der Waals surface area (Å²) in [6.45, 7) is 3.17. The van der Waals surface area contributed by atoms with Gasteiger partial charge in [-0.15, -0.1) is 0 Å². The number of nitrogens with zero attached hydrogens (tertiary/aromatic N) is 2. The minimum atomic E-state index is 0.0621. The normalized spacial score (nSPS) is 15.3. The smallest absolute Gasteiger partial charge is 0.246 e. The minimum Gasteiger partial charge on any atom is -0.329 e. The van der Waals surface area contributed by atoms with Gasteiger partial charge in [0.15, 0.2) is 0 Å². The third-order valence-corrected chi connectivity index (χ3v) is 2.14. The molecule has 0 saturated carbocycles. The van der Waals surface area contributed by atoms with Crippen molar-refractivity contribution in [1.82, 2.24) is 15.1 Å². The van der Waals surface area contributed by atoms with Gasteiger partial charge in [-0.25, -0.2) is 0 Å². The molecule has 2 rings (SSSR count). The Morgan fingerprint density at radius 2 is 2.54 bits per heavy atom. The van der Waals surface area contributed by atoms with Crippen LogP contribution in [0.4, 0.5) is 0 Å². The van der Waals surface area contributed by atoms with Crippen molar-refractivity contribution in [3.63, 3.8) is 0 Å². The predicted molar refractivity (Wildman–Crippen MR) is 47.7 cm³/mol. The molecule has 4 nitrogen and oxygen atoms in total. The van der Waals surface area contributed by atoms with E-state index < -0.39 is 0 Å². The van der Waals surface area contributed by atoms with Gasteiger partial charge in [0, 0.05) is 12.1 Å². The number of hydrogen-bond acceptors (Lipinski definition) is 2. The van der Waals surface area contributed by atoms with Gasteiger partial charge in [-0.05, 0) is 13.0 Å². The first-order valence-corrected chi connectivity index (χ1v) is 4.24. The molecule has 1 N–H and O–H groups in total. The van der Waals surface area contributed by atoms with Gasteiger partial charge >= 0.3 is 0 Å². The molecule has 4 heteroatoms. The molecule has 0 aliphatic carbocycles. The lowest BCUT2D eigenvalue weighted by atomic mass is 10.3. The standard InChI is InChI=1S/C9H11N3O/c1-2-3-9(13)12-5-7-4-10-11-8(7)6-12/h2-4H,5-6H2,1H3,(H,10,11)/b3-2+. The zero-order valence-electron chi connectivity index (χ0n) is 7.45. The summed E-state index contributed by atoms with van der Waals surface area (Å²) in [5.74, 6) is 0.0621. The molecule has 0 unspecified atom stereocenters. The molecule has 1 aliphatic rings. The van der Waals surface area contributed by atoms with Gasteiger partial charge in [0.1, 0.15) is 0 Å². The highest BCUT2D eigenvalue weighted by molar-refractivity contribution is 5.87. The number of carbonyl (C=O) groups excluding carboxylic acids is 1. The van der Waals surface area contributed by atoms with E-state index in [1.807, 2.05) is 6.92 Å². The van der Waals surface area contributed by atoms with Crippen molar-refractivity contribution < 1.29 is 4.79 Å². The largest absolute Gasteiger partial charge is 0.329 e. The van der Waals surface area contributed by atoms with E-state index in [1.165, 1.54) is 0 Å². The summed E-state index contributed by atoms with van der Waals surface area (Å²) in [6, 6.07) is 0. The van der Waals surface area contributed by atoms with Crippen LogP contribution in [0.25, 0.3) is 0 Å². The Balaban J connectivity index is 2.10. The Kier molecular flexibility index (Phi) is 1.88. The number of hydrogen-bond donors (Lipinski definition) is 1. The van der Waals surface area contributed by atoms with Gasteiger partial charge in [-0.1, -0.05) is 6.08 Å². The number of H-pyrrole nitrogens is 1. The fourth-order valence-corrected chi connectivity index (χ4v) is 1.47. The molecule has 68 valence electrons. The van der Waals surface area contributed by atoms with Crippen LogP contribution in [-0.4, -0.2) is 21.0 Å². The van der Waals surface area contributed by atoms with Gasteiger partial charge in [0.05, 0.1) is 18.4 Å². The number of amides is 1. The summed E-state index contributed by atoms with van der Waals surface area (Å²) >= 11 is 0. The minimum absolute atomic E-state index is 0.0621. The van der Waals surface area contributed by atoms with E-state index in [0.717, 1.165) is 11.3 Å². The number of carbonyl (C=O) groups is 1. The van der Waals surface area contributed by atoms with Crippen LogP contribution >= 0.6 is 0 Å².